The van der Waals surface area contributed by atoms with Crippen LogP contribution in [0, 0.1) is 6.92 Å². The summed E-state index contributed by atoms with van der Waals surface area (Å²) in [6.45, 7) is 0.792. The summed E-state index contributed by atoms with van der Waals surface area (Å²) in [5.41, 5.74) is 0.629. The molecule has 6 heteroatoms. The fraction of sp³-hybridized carbons (Fsp3) is 0.400. The van der Waals surface area contributed by atoms with Gasteiger partial charge in [0, 0.05) is 11.8 Å². The van der Waals surface area contributed by atoms with E-state index in [-0.39, 0.29) is 6.61 Å². The van der Waals surface area contributed by atoms with Crippen LogP contribution in [0.1, 0.15) is 24.9 Å². The van der Waals surface area contributed by atoms with Crippen LogP contribution in [0.5, 0.6) is 0 Å². The first-order valence-corrected chi connectivity index (χ1v) is 4.73. The van der Waals surface area contributed by atoms with E-state index in [4.69, 9.17) is 0 Å². The zero-order chi connectivity index (χ0) is 12.1. The average molecular weight is 230 g/mol. The Morgan fingerprint density at radius 1 is 1.69 bits per heavy atom. The van der Waals surface area contributed by atoms with Crippen LogP contribution in [0.25, 0.3) is 6.08 Å². The van der Waals surface area contributed by atoms with Crippen LogP contribution >= 0.6 is 0 Å². The molecule has 0 fully saturated rings. The van der Waals surface area contributed by atoms with Gasteiger partial charge in [0.25, 0.3) is 0 Å². The summed E-state index contributed by atoms with van der Waals surface area (Å²) in [6, 6.07) is 1.46. The lowest BCUT2D eigenvalue weighted by molar-refractivity contribution is -0.137. The number of aryl methyl sites for hydroxylation is 1. The standard InChI is InChI=1S/C10H12F2N2O2/c1-3-16-9(15)5-4-8-6-7(2)14(13-8)10(11)12/h4-6,10H,3H2,1-2H3. The Morgan fingerprint density at radius 2 is 2.38 bits per heavy atom. The number of halogens is 2. The van der Waals surface area contributed by atoms with Crippen molar-refractivity contribution >= 4 is 12.0 Å². The number of hydrogen-bond acceptors (Lipinski definition) is 3. The molecule has 0 saturated carbocycles. The zero-order valence-electron chi connectivity index (χ0n) is 8.98. The number of esters is 1. The summed E-state index contributed by atoms with van der Waals surface area (Å²) >= 11 is 0. The van der Waals surface area contributed by atoms with E-state index in [9.17, 15) is 13.6 Å². The number of ether oxygens (including phenoxy) is 1. The fourth-order valence-electron chi connectivity index (χ4n) is 1.14. The lowest BCUT2D eigenvalue weighted by Gasteiger charge is -1.99. The van der Waals surface area contributed by atoms with Gasteiger partial charge in [0.1, 0.15) is 0 Å². The summed E-state index contributed by atoms with van der Waals surface area (Å²) in [6.07, 6.45) is 2.49. The number of carbonyl (C=O) groups is 1. The molecule has 1 heterocycles. The second kappa shape index (κ2) is 5.39. The quantitative estimate of drug-likeness (QED) is 0.588. The molecule has 1 aromatic rings. The van der Waals surface area contributed by atoms with Gasteiger partial charge >= 0.3 is 12.5 Å². The second-order valence-electron chi connectivity index (χ2n) is 3.02. The highest BCUT2D eigenvalue weighted by Gasteiger charge is 2.10. The monoisotopic (exact) mass is 230 g/mol. The number of nitrogens with zero attached hydrogens (tertiary/aromatic N) is 2. The molecule has 1 rings (SSSR count). The molecule has 1 aromatic heterocycles. The molecule has 0 saturated heterocycles. The summed E-state index contributed by atoms with van der Waals surface area (Å²) in [5, 5.41) is 3.61. The Hall–Kier alpha value is -1.72. The first-order valence-electron chi connectivity index (χ1n) is 4.73. The van der Waals surface area contributed by atoms with Gasteiger partial charge in [0.05, 0.1) is 12.3 Å². The molecule has 0 spiro atoms. The molecular formula is C10H12F2N2O2. The number of rotatable bonds is 4. The fourth-order valence-corrected chi connectivity index (χ4v) is 1.14. The predicted molar refractivity (Wildman–Crippen MR) is 53.9 cm³/mol. The Kier molecular flexibility index (Phi) is 4.16. The molecule has 0 aliphatic heterocycles. The van der Waals surface area contributed by atoms with Gasteiger partial charge in [-0.15, -0.1) is 0 Å². The van der Waals surface area contributed by atoms with Crippen LogP contribution in [0.2, 0.25) is 0 Å². The van der Waals surface area contributed by atoms with Crippen LogP contribution in [-0.2, 0) is 9.53 Å². The third kappa shape index (κ3) is 3.15. The molecule has 0 aromatic carbocycles. The number of carbonyl (C=O) groups excluding carboxylic acids is 1. The molecule has 0 atom stereocenters. The third-order valence-electron chi connectivity index (χ3n) is 1.80. The predicted octanol–water partition coefficient (Wildman–Crippen LogP) is 2.16. The number of alkyl halides is 2. The highest BCUT2D eigenvalue weighted by Crippen LogP contribution is 2.14. The van der Waals surface area contributed by atoms with E-state index >= 15 is 0 Å². The summed E-state index contributed by atoms with van der Waals surface area (Å²) in [5.74, 6) is -0.522. The number of hydrogen-bond donors (Lipinski definition) is 0. The molecule has 0 aliphatic carbocycles. The molecule has 0 radical (unpaired) electrons. The van der Waals surface area contributed by atoms with Crippen molar-refractivity contribution in [2.75, 3.05) is 6.61 Å². The van der Waals surface area contributed by atoms with Crippen molar-refractivity contribution < 1.29 is 18.3 Å². The van der Waals surface area contributed by atoms with Crippen molar-refractivity contribution in [3.05, 3.63) is 23.5 Å². The highest BCUT2D eigenvalue weighted by atomic mass is 19.3. The minimum atomic E-state index is -2.68. The average Bonchev–Trinajstić information content (AvgIpc) is 2.57. The Labute approximate surface area is 91.5 Å². The highest BCUT2D eigenvalue weighted by molar-refractivity contribution is 5.86. The smallest absolute Gasteiger partial charge is 0.333 e. The summed E-state index contributed by atoms with van der Waals surface area (Å²) in [7, 11) is 0. The molecule has 0 amide bonds. The van der Waals surface area contributed by atoms with Gasteiger partial charge in [-0.1, -0.05) is 0 Å². The van der Waals surface area contributed by atoms with Crippen molar-refractivity contribution in [1.29, 1.82) is 0 Å². The maximum absolute atomic E-state index is 12.3. The van der Waals surface area contributed by atoms with E-state index in [1.807, 2.05) is 0 Å². The van der Waals surface area contributed by atoms with E-state index in [1.165, 1.54) is 19.1 Å². The van der Waals surface area contributed by atoms with E-state index in [0.717, 1.165) is 6.08 Å². The van der Waals surface area contributed by atoms with E-state index in [2.05, 4.69) is 9.84 Å². The minimum Gasteiger partial charge on any atom is -0.463 e. The van der Waals surface area contributed by atoms with Crippen LogP contribution in [0.4, 0.5) is 8.78 Å². The Balaban J connectivity index is 2.75. The van der Waals surface area contributed by atoms with Crippen LogP contribution in [-0.4, -0.2) is 22.4 Å². The molecule has 4 nitrogen and oxygen atoms in total. The molecule has 88 valence electrons. The van der Waals surface area contributed by atoms with Gasteiger partial charge in [-0.3, -0.25) is 0 Å². The molecule has 0 aliphatic rings. The van der Waals surface area contributed by atoms with Crippen molar-refractivity contribution in [2.45, 2.75) is 20.4 Å². The third-order valence-corrected chi connectivity index (χ3v) is 1.80. The molecule has 0 unspecified atom stereocenters. The van der Waals surface area contributed by atoms with E-state index in [1.54, 1.807) is 6.92 Å². The van der Waals surface area contributed by atoms with Gasteiger partial charge < -0.3 is 4.74 Å². The van der Waals surface area contributed by atoms with Gasteiger partial charge in [-0.2, -0.15) is 13.9 Å². The van der Waals surface area contributed by atoms with E-state index in [0.29, 0.717) is 16.1 Å². The lowest BCUT2D eigenvalue weighted by atomic mass is 10.3. The topological polar surface area (TPSA) is 44.1 Å². The summed E-state index contributed by atoms with van der Waals surface area (Å²) in [4.78, 5) is 11.0. The van der Waals surface area contributed by atoms with Crippen molar-refractivity contribution in [1.82, 2.24) is 9.78 Å². The normalized spacial score (nSPS) is 11.3. The van der Waals surface area contributed by atoms with E-state index < -0.39 is 12.5 Å². The van der Waals surface area contributed by atoms with Crippen molar-refractivity contribution in [2.24, 2.45) is 0 Å². The maximum atomic E-state index is 12.3. The first kappa shape index (κ1) is 12.4. The van der Waals surface area contributed by atoms with Crippen LogP contribution in [0.3, 0.4) is 0 Å². The number of aromatic nitrogens is 2. The van der Waals surface area contributed by atoms with Crippen LogP contribution in [0.15, 0.2) is 12.1 Å². The SMILES string of the molecule is CCOC(=O)C=Cc1cc(C)n(C(F)F)n1. The zero-order valence-corrected chi connectivity index (χ0v) is 8.98. The van der Waals surface area contributed by atoms with Gasteiger partial charge in [-0.25, -0.2) is 9.48 Å². The molecule has 0 N–H and O–H groups in total. The van der Waals surface area contributed by atoms with Gasteiger partial charge in [-0.05, 0) is 26.0 Å². The minimum absolute atomic E-state index is 0.272. The Bertz CT molecular complexity index is 400. The lowest BCUT2D eigenvalue weighted by Crippen LogP contribution is -2.02. The van der Waals surface area contributed by atoms with Crippen LogP contribution < -0.4 is 0 Å². The maximum Gasteiger partial charge on any atom is 0.333 e. The van der Waals surface area contributed by atoms with Crippen molar-refractivity contribution in [3.63, 3.8) is 0 Å². The molecular weight excluding hydrogens is 218 g/mol. The molecule has 0 bridgehead atoms. The second-order valence-corrected chi connectivity index (χ2v) is 3.02. The largest absolute Gasteiger partial charge is 0.463 e. The summed E-state index contributed by atoms with van der Waals surface area (Å²) < 4.78 is 29.9. The van der Waals surface area contributed by atoms with Gasteiger partial charge in [0.2, 0.25) is 0 Å². The first-order chi connectivity index (χ1) is 7.54. The van der Waals surface area contributed by atoms with Crippen molar-refractivity contribution in [3.8, 4) is 0 Å². The van der Waals surface area contributed by atoms with Gasteiger partial charge in [0.15, 0.2) is 0 Å². The Morgan fingerprint density at radius 3 is 2.88 bits per heavy atom. The molecule has 16 heavy (non-hydrogen) atoms.